The molecule has 0 aliphatic heterocycles. The van der Waals surface area contributed by atoms with E-state index in [2.05, 4.69) is 0 Å². The van der Waals surface area contributed by atoms with Gasteiger partial charge in [0.15, 0.2) is 0 Å². The Morgan fingerprint density at radius 2 is 2.07 bits per heavy atom. The van der Waals surface area contributed by atoms with Gasteiger partial charge in [0.1, 0.15) is 6.04 Å². The van der Waals surface area contributed by atoms with E-state index in [1.807, 2.05) is 20.1 Å². The van der Waals surface area contributed by atoms with E-state index in [0.717, 1.165) is 17.7 Å². The van der Waals surface area contributed by atoms with Crippen LogP contribution in [0.25, 0.3) is 0 Å². The second-order valence-corrected chi connectivity index (χ2v) is 5.52. The maximum Gasteiger partial charge on any atom is 0.361 e. The molecule has 0 fully saturated rings. The second-order valence-electron chi connectivity index (χ2n) is 3.26. The molecule has 2 N–H and O–H groups in total. The number of carbonyl (C=O) groups excluding carboxylic acids is 1. The third-order valence-corrected chi connectivity index (χ3v) is 4.20. The minimum absolute atomic E-state index is 0.0223. The summed E-state index contributed by atoms with van der Waals surface area (Å²) < 4.78 is 5.26. The van der Waals surface area contributed by atoms with Crippen molar-refractivity contribution in [3.8, 4) is 0 Å². The van der Waals surface area contributed by atoms with Crippen molar-refractivity contribution in [2.45, 2.75) is 32.5 Å². The number of hydrogen-bond acceptors (Lipinski definition) is 5. The molecule has 0 heterocycles. The molecule has 0 aliphatic carbocycles. The molecule has 1 atom stereocenters. The quantitative estimate of drug-likeness (QED) is 0.405. The molecule has 0 aromatic rings. The second kappa shape index (κ2) is 9.42. The summed E-state index contributed by atoms with van der Waals surface area (Å²) in [7, 11) is 0. The molecule has 0 aliphatic rings. The highest BCUT2D eigenvalue weighted by molar-refractivity contribution is 8.15. The van der Waals surface area contributed by atoms with Crippen LogP contribution in [0.3, 0.4) is 0 Å². The summed E-state index contributed by atoms with van der Waals surface area (Å²) in [5, 5.41) is 0.964. The van der Waals surface area contributed by atoms with E-state index in [-0.39, 0.29) is 12.9 Å². The van der Waals surface area contributed by atoms with Gasteiger partial charge in [-0.05, 0) is 18.9 Å². The lowest BCUT2D eigenvalue weighted by Gasteiger charge is -2.15. The molecule has 0 amide bonds. The van der Waals surface area contributed by atoms with E-state index in [1.165, 1.54) is 0 Å². The number of rotatable bonds is 8. The van der Waals surface area contributed by atoms with E-state index in [1.54, 1.807) is 23.5 Å². The molecule has 15 heavy (non-hydrogen) atoms. The first kappa shape index (κ1) is 15.2. The third kappa shape index (κ3) is 7.14. The molecular weight excluding hydrogens is 229 g/mol. The highest BCUT2D eigenvalue weighted by atomic mass is 32.2. The summed E-state index contributed by atoms with van der Waals surface area (Å²) in [5.74, 6) is 0.372. The van der Waals surface area contributed by atoms with Gasteiger partial charge in [-0.3, -0.25) is 4.79 Å². The topological polar surface area (TPSA) is 52.3 Å². The maximum atomic E-state index is 11.5. The van der Waals surface area contributed by atoms with E-state index in [4.69, 9.17) is 10.4 Å². The Morgan fingerprint density at radius 3 is 2.53 bits per heavy atom. The van der Waals surface area contributed by atoms with Gasteiger partial charge in [0, 0.05) is 10.8 Å². The molecule has 88 valence electrons. The van der Waals surface area contributed by atoms with Crippen LogP contribution in [0, 0.1) is 0 Å². The Bertz CT molecular complexity index is 179. The van der Waals surface area contributed by atoms with Crippen LogP contribution in [0.5, 0.6) is 0 Å². The van der Waals surface area contributed by atoms with Gasteiger partial charge in [-0.25, -0.2) is 0 Å². The molecule has 0 spiro atoms. The Labute approximate surface area is 101 Å². The zero-order valence-corrected chi connectivity index (χ0v) is 11.3. The first-order valence-corrected chi connectivity index (χ1v) is 7.73. The van der Waals surface area contributed by atoms with Crippen molar-refractivity contribution in [3.63, 3.8) is 0 Å². The monoisotopic (exact) mass is 249 g/mol. The molecule has 0 aromatic heterocycles. The Balaban J connectivity index is 3.77. The summed E-state index contributed by atoms with van der Waals surface area (Å²) in [6.45, 7) is 4.04. The van der Waals surface area contributed by atoms with Crippen LogP contribution in [0.15, 0.2) is 0 Å². The number of nitrogens with two attached hydrogens (primary N) is 1. The normalized spacial score (nSPS) is 12.3. The maximum absolute atomic E-state index is 11.5. The highest BCUT2D eigenvalue weighted by Crippen LogP contribution is 2.10. The fraction of sp³-hybridized carbons (Fsp3) is 0.889. The van der Waals surface area contributed by atoms with Gasteiger partial charge in [0.25, 0.3) is 0 Å². The van der Waals surface area contributed by atoms with Crippen LogP contribution in [0.2, 0.25) is 12.6 Å². The molecule has 6 heteroatoms. The minimum atomic E-state index is -0.484. The van der Waals surface area contributed by atoms with Gasteiger partial charge in [0.05, 0.1) is 0 Å². The van der Waals surface area contributed by atoms with Gasteiger partial charge in [-0.2, -0.15) is 11.8 Å². The van der Waals surface area contributed by atoms with Crippen molar-refractivity contribution < 1.29 is 9.45 Å². The lowest BCUT2D eigenvalue weighted by atomic mass is 9.62. The van der Waals surface area contributed by atoms with Crippen LogP contribution in [-0.4, -0.2) is 36.0 Å². The first-order chi connectivity index (χ1) is 7.15. The highest BCUT2D eigenvalue weighted by Gasteiger charge is 2.20. The smallest absolute Gasteiger partial charge is 0.361 e. The molecule has 0 bridgehead atoms. The molecule has 0 aromatic carbocycles. The molecule has 0 radical (unpaired) electrons. The lowest BCUT2D eigenvalue weighted by molar-refractivity contribution is -0.135. The third-order valence-electron chi connectivity index (χ3n) is 1.99. The summed E-state index contributed by atoms with van der Waals surface area (Å²) >= 11 is 3.40. The van der Waals surface area contributed by atoms with Crippen LogP contribution in [-0.2, 0) is 9.45 Å². The molecule has 0 saturated heterocycles. The standard InChI is InChI=1S/C9H20BNO2S2/c1-4-10(5-2)13-9(12)8(11)6-15-7-14-3/h8H,4-7,11H2,1-3H3/t8-/m0/s1. The number of thioether (sulfide) groups is 2. The average Bonchev–Trinajstić information content (AvgIpc) is 2.25. The van der Waals surface area contributed by atoms with Gasteiger partial charge in [0.2, 0.25) is 0 Å². The van der Waals surface area contributed by atoms with E-state index in [0.29, 0.717) is 5.75 Å². The molecule has 0 rings (SSSR count). The zero-order chi connectivity index (χ0) is 11.7. The van der Waals surface area contributed by atoms with E-state index >= 15 is 0 Å². The van der Waals surface area contributed by atoms with Crippen LogP contribution in [0.1, 0.15) is 13.8 Å². The summed E-state index contributed by atoms with van der Waals surface area (Å²) in [5.41, 5.74) is 5.71. The van der Waals surface area contributed by atoms with Crippen LogP contribution < -0.4 is 5.73 Å². The van der Waals surface area contributed by atoms with Gasteiger partial charge < -0.3 is 10.4 Å². The van der Waals surface area contributed by atoms with Crippen LogP contribution in [0.4, 0.5) is 0 Å². The van der Waals surface area contributed by atoms with E-state index in [9.17, 15) is 4.79 Å². The van der Waals surface area contributed by atoms with Crippen molar-refractivity contribution in [1.82, 2.24) is 0 Å². The summed E-state index contributed by atoms with van der Waals surface area (Å²) in [6.07, 6.45) is 3.74. The summed E-state index contributed by atoms with van der Waals surface area (Å²) in [4.78, 5) is 11.5. The largest absolute Gasteiger partial charge is 0.535 e. The van der Waals surface area contributed by atoms with Crippen LogP contribution >= 0.6 is 23.5 Å². The predicted molar refractivity (Wildman–Crippen MR) is 71.6 cm³/mol. The SMILES string of the molecule is CCB(CC)OC(=O)[C@@H](N)CSCSC. The fourth-order valence-electron chi connectivity index (χ4n) is 1.03. The van der Waals surface area contributed by atoms with Gasteiger partial charge >= 0.3 is 12.9 Å². The van der Waals surface area contributed by atoms with E-state index < -0.39 is 6.04 Å². The lowest BCUT2D eigenvalue weighted by Crippen LogP contribution is -2.38. The number of hydrogen-bond donors (Lipinski definition) is 1. The fourth-order valence-corrected chi connectivity index (χ4v) is 2.48. The Hall–Kier alpha value is 0.195. The molecule has 0 saturated carbocycles. The van der Waals surface area contributed by atoms with Crippen molar-refractivity contribution >= 4 is 36.4 Å². The van der Waals surface area contributed by atoms with Crippen molar-refractivity contribution in [2.24, 2.45) is 5.73 Å². The number of carbonyl (C=O) groups is 1. The Morgan fingerprint density at radius 1 is 1.47 bits per heavy atom. The van der Waals surface area contributed by atoms with Gasteiger partial charge in [-0.1, -0.05) is 13.8 Å². The van der Waals surface area contributed by atoms with Crippen molar-refractivity contribution in [2.75, 3.05) is 17.1 Å². The Kier molecular flexibility index (Phi) is 9.55. The molecule has 3 nitrogen and oxygen atoms in total. The predicted octanol–water partition coefficient (Wildman–Crippen LogP) is 1.94. The van der Waals surface area contributed by atoms with Crippen molar-refractivity contribution in [3.05, 3.63) is 0 Å². The summed E-state index contributed by atoms with van der Waals surface area (Å²) in [6, 6.07) is -0.484. The molecule has 0 unspecified atom stereocenters. The zero-order valence-electron chi connectivity index (χ0n) is 9.69. The minimum Gasteiger partial charge on any atom is -0.535 e. The van der Waals surface area contributed by atoms with Gasteiger partial charge in [-0.15, -0.1) is 11.8 Å². The van der Waals surface area contributed by atoms with Crippen molar-refractivity contribution in [1.29, 1.82) is 0 Å². The first-order valence-electron chi connectivity index (χ1n) is 5.18. The average molecular weight is 249 g/mol. The molecular formula is C9H20BNO2S2.